The van der Waals surface area contributed by atoms with Gasteiger partial charge >= 0.3 is 0 Å². The molecule has 0 saturated heterocycles. The summed E-state index contributed by atoms with van der Waals surface area (Å²) in [5.74, 6) is -1.38. The zero-order chi connectivity index (χ0) is 19.7. The van der Waals surface area contributed by atoms with Crippen molar-refractivity contribution in [2.45, 2.75) is 27.7 Å². The molecule has 0 atom stereocenters. The number of hydrogen-bond donors (Lipinski definition) is 0. The van der Waals surface area contributed by atoms with Crippen molar-refractivity contribution in [1.82, 2.24) is 10.2 Å². The molecule has 0 saturated carbocycles. The Labute approximate surface area is 156 Å². The van der Waals surface area contributed by atoms with Crippen molar-refractivity contribution in [2.24, 2.45) is 0 Å². The molecule has 2 aromatic carbocycles. The van der Waals surface area contributed by atoms with Gasteiger partial charge in [-0.05, 0) is 25.5 Å². The first-order chi connectivity index (χ1) is 12.8. The zero-order valence-corrected chi connectivity index (χ0v) is 15.6. The maximum absolute atomic E-state index is 13.1. The van der Waals surface area contributed by atoms with Crippen LogP contribution in [0.25, 0.3) is 10.9 Å². The number of ketones is 1. The maximum atomic E-state index is 13.1. The second kappa shape index (κ2) is 7.07. The van der Waals surface area contributed by atoms with Crippen molar-refractivity contribution in [3.8, 4) is 0 Å². The Morgan fingerprint density at radius 3 is 2.00 bits per heavy atom. The molecule has 27 heavy (non-hydrogen) atoms. The van der Waals surface area contributed by atoms with E-state index in [4.69, 9.17) is 0 Å². The van der Waals surface area contributed by atoms with Crippen molar-refractivity contribution < 1.29 is 14.4 Å². The highest BCUT2D eigenvalue weighted by Crippen LogP contribution is 2.31. The van der Waals surface area contributed by atoms with Gasteiger partial charge in [0.1, 0.15) is 0 Å². The highest BCUT2D eigenvalue weighted by Gasteiger charge is 2.28. The normalized spacial score (nSPS) is 10.7. The number of rotatable bonds is 3. The quantitative estimate of drug-likeness (QED) is 0.668. The Balaban J connectivity index is 2.31. The Morgan fingerprint density at radius 1 is 0.815 bits per heavy atom. The van der Waals surface area contributed by atoms with Gasteiger partial charge in [-0.1, -0.05) is 42.0 Å². The first-order valence-corrected chi connectivity index (χ1v) is 8.49. The Morgan fingerprint density at radius 2 is 1.41 bits per heavy atom. The van der Waals surface area contributed by atoms with Crippen LogP contribution in [0.5, 0.6) is 0 Å². The summed E-state index contributed by atoms with van der Waals surface area (Å²) in [6.45, 7) is 6.38. The summed E-state index contributed by atoms with van der Waals surface area (Å²) >= 11 is 0. The SMILES string of the molecule is CC(=O)N(C(C)=O)c1c(C(=O)c2ccc(C)cc2)nnc2cc(C)ccc12. The van der Waals surface area contributed by atoms with E-state index in [0.717, 1.165) is 16.0 Å². The van der Waals surface area contributed by atoms with Gasteiger partial charge in [0.2, 0.25) is 17.6 Å². The van der Waals surface area contributed by atoms with Crippen LogP contribution in [0.1, 0.15) is 41.0 Å². The number of amides is 2. The minimum atomic E-state index is -0.490. The molecule has 0 aliphatic heterocycles. The van der Waals surface area contributed by atoms with Crippen LogP contribution < -0.4 is 4.90 Å². The van der Waals surface area contributed by atoms with E-state index in [-0.39, 0.29) is 11.4 Å². The molecule has 1 aromatic heterocycles. The summed E-state index contributed by atoms with van der Waals surface area (Å²) in [5, 5.41) is 8.76. The highest BCUT2D eigenvalue weighted by molar-refractivity contribution is 6.23. The van der Waals surface area contributed by atoms with E-state index >= 15 is 0 Å². The first kappa shape index (κ1) is 18.4. The van der Waals surface area contributed by atoms with Crippen molar-refractivity contribution >= 4 is 34.2 Å². The molecule has 0 spiro atoms. The van der Waals surface area contributed by atoms with E-state index in [1.807, 2.05) is 32.0 Å². The van der Waals surface area contributed by atoms with Gasteiger partial charge in [0.25, 0.3) is 0 Å². The number of anilines is 1. The third-order valence-corrected chi connectivity index (χ3v) is 4.27. The molecule has 6 nitrogen and oxygen atoms in total. The standard InChI is InChI=1S/C21H19N3O3/c1-12-5-8-16(9-6-12)21(27)19-20(24(14(3)25)15(4)26)17-10-7-13(2)11-18(17)22-23-19/h5-11H,1-4H3. The molecule has 3 aromatic rings. The van der Waals surface area contributed by atoms with Gasteiger partial charge in [0, 0.05) is 24.8 Å². The van der Waals surface area contributed by atoms with E-state index in [0.29, 0.717) is 16.5 Å². The van der Waals surface area contributed by atoms with Crippen LogP contribution in [0, 0.1) is 13.8 Å². The van der Waals surface area contributed by atoms with E-state index in [2.05, 4.69) is 10.2 Å². The van der Waals surface area contributed by atoms with Crippen LogP contribution in [0.3, 0.4) is 0 Å². The zero-order valence-electron chi connectivity index (χ0n) is 15.6. The molecule has 0 unspecified atom stereocenters. The van der Waals surface area contributed by atoms with Gasteiger partial charge in [-0.3, -0.25) is 14.4 Å². The number of imide groups is 1. The number of hydrogen-bond acceptors (Lipinski definition) is 5. The molecule has 6 heteroatoms. The summed E-state index contributed by atoms with van der Waals surface area (Å²) in [6.07, 6.45) is 0. The van der Waals surface area contributed by atoms with Crippen molar-refractivity contribution in [2.75, 3.05) is 4.90 Å². The van der Waals surface area contributed by atoms with Crippen LogP contribution in [0.15, 0.2) is 42.5 Å². The topological polar surface area (TPSA) is 80.2 Å². The highest BCUT2D eigenvalue weighted by atomic mass is 16.2. The van der Waals surface area contributed by atoms with Crippen LogP contribution in [-0.4, -0.2) is 27.8 Å². The van der Waals surface area contributed by atoms with E-state index in [1.54, 1.807) is 24.3 Å². The lowest BCUT2D eigenvalue weighted by atomic mass is 10.0. The van der Waals surface area contributed by atoms with Crippen LogP contribution in [0.2, 0.25) is 0 Å². The number of aryl methyl sites for hydroxylation is 2. The molecular weight excluding hydrogens is 342 g/mol. The molecule has 0 fully saturated rings. The van der Waals surface area contributed by atoms with E-state index < -0.39 is 17.6 Å². The molecule has 0 aliphatic rings. The van der Waals surface area contributed by atoms with Gasteiger partial charge in [-0.2, -0.15) is 0 Å². The smallest absolute Gasteiger partial charge is 0.230 e. The predicted octanol–water partition coefficient (Wildman–Crippen LogP) is 3.38. The number of nitrogens with zero attached hydrogens (tertiary/aromatic N) is 3. The van der Waals surface area contributed by atoms with E-state index in [1.165, 1.54) is 13.8 Å². The number of carbonyl (C=O) groups is 3. The largest absolute Gasteiger partial charge is 0.287 e. The minimum Gasteiger partial charge on any atom is -0.287 e. The fourth-order valence-corrected chi connectivity index (χ4v) is 2.96. The fraction of sp³-hybridized carbons (Fsp3) is 0.190. The lowest BCUT2D eigenvalue weighted by Gasteiger charge is -2.21. The van der Waals surface area contributed by atoms with Crippen molar-refractivity contribution in [1.29, 1.82) is 0 Å². The average molecular weight is 361 g/mol. The first-order valence-electron chi connectivity index (χ1n) is 8.49. The molecule has 0 radical (unpaired) electrons. The molecule has 136 valence electrons. The third kappa shape index (κ3) is 3.46. The van der Waals surface area contributed by atoms with Gasteiger partial charge in [-0.15, -0.1) is 10.2 Å². The molecule has 2 amide bonds. The van der Waals surface area contributed by atoms with Crippen LogP contribution in [-0.2, 0) is 9.59 Å². The minimum absolute atomic E-state index is 0.0272. The molecule has 0 N–H and O–H groups in total. The maximum Gasteiger partial charge on any atom is 0.230 e. The Kier molecular flexibility index (Phi) is 4.81. The monoisotopic (exact) mass is 361 g/mol. The number of fused-ring (bicyclic) bond motifs is 1. The van der Waals surface area contributed by atoms with Crippen molar-refractivity contribution in [3.63, 3.8) is 0 Å². The van der Waals surface area contributed by atoms with Crippen molar-refractivity contribution in [3.05, 3.63) is 64.8 Å². The summed E-state index contributed by atoms with van der Waals surface area (Å²) in [5.41, 5.74) is 3.04. The second-order valence-corrected chi connectivity index (χ2v) is 6.49. The fourth-order valence-electron chi connectivity index (χ4n) is 2.96. The lowest BCUT2D eigenvalue weighted by Crippen LogP contribution is -2.35. The van der Waals surface area contributed by atoms with Crippen LogP contribution >= 0.6 is 0 Å². The van der Waals surface area contributed by atoms with E-state index in [9.17, 15) is 14.4 Å². The Hall–Kier alpha value is -3.41. The molecule has 0 aliphatic carbocycles. The van der Waals surface area contributed by atoms with Crippen LogP contribution in [0.4, 0.5) is 5.69 Å². The average Bonchev–Trinajstić information content (AvgIpc) is 2.61. The molecule has 3 rings (SSSR count). The second-order valence-electron chi connectivity index (χ2n) is 6.49. The van der Waals surface area contributed by atoms with Gasteiger partial charge in [0.15, 0.2) is 5.69 Å². The summed E-state index contributed by atoms with van der Waals surface area (Å²) in [7, 11) is 0. The predicted molar refractivity (Wildman–Crippen MR) is 103 cm³/mol. The van der Waals surface area contributed by atoms with Gasteiger partial charge in [0.05, 0.1) is 11.2 Å². The Bertz CT molecular complexity index is 1060. The summed E-state index contributed by atoms with van der Waals surface area (Å²) in [6, 6.07) is 12.4. The van der Waals surface area contributed by atoms with Gasteiger partial charge < -0.3 is 0 Å². The summed E-state index contributed by atoms with van der Waals surface area (Å²) in [4.78, 5) is 38.5. The number of carbonyl (C=O) groups excluding carboxylic acids is 3. The summed E-state index contributed by atoms with van der Waals surface area (Å²) < 4.78 is 0. The molecular formula is C21H19N3O3. The lowest BCUT2D eigenvalue weighted by molar-refractivity contribution is -0.124. The van der Waals surface area contributed by atoms with Gasteiger partial charge in [-0.25, -0.2) is 4.90 Å². The third-order valence-electron chi connectivity index (χ3n) is 4.27. The number of benzene rings is 2. The number of aromatic nitrogens is 2. The molecule has 1 heterocycles. The molecule has 0 bridgehead atoms.